The number of phenols is 1. The SMILES string of the molecule is CCc1cc(C(C)=O)c(O)cc1OCCCCCCc1nnn[nH]1. The Kier molecular flexibility index (Phi) is 6.72. The van der Waals surface area contributed by atoms with Gasteiger partial charge in [-0.25, -0.2) is 5.10 Å². The minimum Gasteiger partial charge on any atom is -0.507 e. The summed E-state index contributed by atoms with van der Waals surface area (Å²) in [6.45, 7) is 4.04. The van der Waals surface area contributed by atoms with Crippen molar-refractivity contribution in [3.8, 4) is 11.5 Å². The van der Waals surface area contributed by atoms with Crippen molar-refractivity contribution in [3.63, 3.8) is 0 Å². The molecule has 130 valence electrons. The first-order chi connectivity index (χ1) is 11.6. The number of tetrazole rings is 1. The number of carbonyl (C=O) groups excluding carboxylic acids is 1. The van der Waals surface area contributed by atoms with Crippen LogP contribution in [-0.2, 0) is 12.8 Å². The number of nitrogens with zero attached hydrogens (tertiary/aromatic N) is 3. The van der Waals surface area contributed by atoms with Crippen LogP contribution < -0.4 is 4.74 Å². The lowest BCUT2D eigenvalue weighted by molar-refractivity contribution is 0.101. The highest BCUT2D eigenvalue weighted by Gasteiger charge is 2.12. The molecule has 2 N–H and O–H groups in total. The summed E-state index contributed by atoms with van der Waals surface area (Å²) in [4.78, 5) is 11.5. The zero-order valence-corrected chi connectivity index (χ0v) is 14.2. The summed E-state index contributed by atoms with van der Waals surface area (Å²) < 4.78 is 5.79. The molecule has 1 heterocycles. The van der Waals surface area contributed by atoms with Crippen LogP contribution in [0, 0.1) is 0 Å². The van der Waals surface area contributed by atoms with E-state index >= 15 is 0 Å². The number of aromatic nitrogens is 4. The van der Waals surface area contributed by atoms with Crippen LogP contribution in [0.15, 0.2) is 12.1 Å². The fourth-order valence-electron chi connectivity index (χ4n) is 2.52. The smallest absolute Gasteiger partial charge is 0.163 e. The Balaban J connectivity index is 1.73. The van der Waals surface area contributed by atoms with Gasteiger partial charge in [0.1, 0.15) is 17.3 Å². The molecule has 0 amide bonds. The number of rotatable bonds is 10. The lowest BCUT2D eigenvalue weighted by atomic mass is 10.0. The summed E-state index contributed by atoms with van der Waals surface area (Å²) >= 11 is 0. The van der Waals surface area contributed by atoms with Crippen molar-refractivity contribution in [2.24, 2.45) is 0 Å². The molecule has 7 heteroatoms. The highest BCUT2D eigenvalue weighted by atomic mass is 16.5. The number of Topliss-reactive ketones (excluding diaryl/α,β-unsaturated/α-hetero) is 1. The normalized spacial score (nSPS) is 10.8. The van der Waals surface area contributed by atoms with Gasteiger partial charge in [0.25, 0.3) is 0 Å². The largest absolute Gasteiger partial charge is 0.507 e. The maximum absolute atomic E-state index is 11.5. The van der Waals surface area contributed by atoms with Gasteiger partial charge in [0.2, 0.25) is 0 Å². The predicted octanol–water partition coefficient (Wildman–Crippen LogP) is 2.85. The second-order valence-electron chi connectivity index (χ2n) is 5.75. The second-order valence-corrected chi connectivity index (χ2v) is 5.75. The molecule has 0 bridgehead atoms. The van der Waals surface area contributed by atoms with Crippen LogP contribution in [0.1, 0.15) is 61.3 Å². The zero-order valence-electron chi connectivity index (χ0n) is 14.2. The van der Waals surface area contributed by atoms with Gasteiger partial charge < -0.3 is 9.84 Å². The number of aromatic hydroxyl groups is 1. The van der Waals surface area contributed by atoms with Crippen LogP contribution in [-0.4, -0.2) is 38.1 Å². The molecule has 0 fully saturated rings. The predicted molar refractivity (Wildman–Crippen MR) is 89.3 cm³/mol. The summed E-state index contributed by atoms with van der Waals surface area (Å²) in [5.41, 5.74) is 1.29. The maximum Gasteiger partial charge on any atom is 0.163 e. The molecule has 2 rings (SSSR count). The van der Waals surface area contributed by atoms with Crippen LogP contribution in [0.25, 0.3) is 0 Å². The van der Waals surface area contributed by atoms with E-state index in [4.69, 9.17) is 4.74 Å². The van der Waals surface area contributed by atoms with Gasteiger partial charge in [-0.3, -0.25) is 4.79 Å². The fraction of sp³-hybridized carbons (Fsp3) is 0.529. The third kappa shape index (κ3) is 5.04. The van der Waals surface area contributed by atoms with Gasteiger partial charge in [-0.1, -0.05) is 19.8 Å². The van der Waals surface area contributed by atoms with E-state index in [-0.39, 0.29) is 11.5 Å². The molecule has 7 nitrogen and oxygen atoms in total. The van der Waals surface area contributed by atoms with Gasteiger partial charge in [-0.05, 0) is 48.2 Å². The van der Waals surface area contributed by atoms with E-state index in [1.165, 1.54) is 6.92 Å². The van der Waals surface area contributed by atoms with Gasteiger partial charge in [0.15, 0.2) is 5.78 Å². The van der Waals surface area contributed by atoms with E-state index in [2.05, 4.69) is 20.6 Å². The summed E-state index contributed by atoms with van der Waals surface area (Å²) in [7, 11) is 0. The number of aromatic amines is 1. The molecule has 0 saturated heterocycles. The maximum atomic E-state index is 11.5. The number of ether oxygens (including phenoxy) is 1. The first-order valence-corrected chi connectivity index (χ1v) is 8.34. The number of nitrogens with one attached hydrogen (secondary N) is 1. The first kappa shape index (κ1) is 17.9. The van der Waals surface area contributed by atoms with Crippen LogP contribution >= 0.6 is 0 Å². The number of H-pyrrole nitrogens is 1. The van der Waals surface area contributed by atoms with E-state index in [0.29, 0.717) is 17.9 Å². The van der Waals surface area contributed by atoms with Crippen LogP contribution in [0.4, 0.5) is 0 Å². The van der Waals surface area contributed by atoms with Crippen molar-refractivity contribution in [2.75, 3.05) is 6.61 Å². The zero-order chi connectivity index (χ0) is 17.4. The topological polar surface area (TPSA) is 101 Å². The van der Waals surface area contributed by atoms with Crippen molar-refractivity contribution in [3.05, 3.63) is 29.1 Å². The lowest BCUT2D eigenvalue weighted by Gasteiger charge is -2.13. The van der Waals surface area contributed by atoms with Crippen molar-refractivity contribution < 1.29 is 14.6 Å². The third-order valence-corrected chi connectivity index (χ3v) is 3.89. The number of hydrogen-bond acceptors (Lipinski definition) is 6. The van der Waals surface area contributed by atoms with E-state index in [9.17, 15) is 9.90 Å². The molecule has 0 aliphatic rings. The number of aryl methyl sites for hydroxylation is 2. The summed E-state index contributed by atoms with van der Waals surface area (Å²) in [6.07, 6.45) is 5.72. The Morgan fingerprint density at radius 1 is 1.25 bits per heavy atom. The number of phenolic OH excluding ortho intramolecular Hbond substituents is 1. The highest BCUT2D eigenvalue weighted by molar-refractivity contribution is 5.97. The highest BCUT2D eigenvalue weighted by Crippen LogP contribution is 2.29. The molecule has 0 radical (unpaired) electrons. The van der Waals surface area contributed by atoms with Crippen LogP contribution in [0.5, 0.6) is 11.5 Å². The molecule has 2 aromatic rings. The number of hydrogen-bond donors (Lipinski definition) is 2. The van der Waals surface area contributed by atoms with Gasteiger partial charge in [-0.2, -0.15) is 0 Å². The Morgan fingerprint density at radius 3 is 2.71 bits per heavy atom. The van der Waals surface area contributed by atoms with Crippen LogP contribution in [0.2, 0.25) is 0 Å². The number of unbranched alkanes of at least 4 members (excludes halogenated alkanes) is 3. The molecule has 0 atom stereocenters. The van der Waals surface area contributed by atoms with Gasteiger partial charge in [0, 0.05) is 12.5 Å². The Bertz CT molecular complexity index is 656. The van der Waals surface area contributed by atoms with E-state index in [1.807, 2.05) is 6.92 Å². The summed E-state index contributed by atoms with van der Waals surface area (Å²) in [5, 5.41) is 23.6. The van der Waals surface area contributed by atoms with Crippen molar-refractivity contribution in [1.29, 1.82) is 0 Å². The van der Waals surface area contributed by atoms with Crippen molar-refractivity contribution in [1.82, 2.24) is 20.6 Å². The standard InChI is InChI=1S/C17H24N4O3/c1-3-13-10-14(12(2)22)15(23)11-16(13)24-9-7-5-4-6-8-17-18-20-21-19-17/h10-11,23H,3-9H2,1-2H3,(H,18,19,20,21). The fourth-order valence-corrected chi connectivity index (χ4v) is 2.52. The Hall–Kier alpha value is -2.44. The molecular formula is C17H24N4O3. The van der Waals surface area contributed by atoms with Crippen LogP contribution in [0.3, 0.4) is 0 Å². The molecule has 0 aliphatic carbocycles. The summed E-state index contributed by atoms with van der Waals surface area (Å²) in [6, 6.07) is 3.27. The summed E-state index contributed by atoms with van der Waals surface area (Å²) in [5.74, 6) is 1.32. The number of carbonyl (C=O) groups is 1. The minimum atomic E-state index is -0.143. The molecular weight excluding hydrogens is 308 g/mol. The third-order valence-electron chi connectivity index (χ3n) is 3.89. The first-order valence-electron chi connectivity index (χ1n) is 8.34. The van der Waals surface area contributed by atoms with E-state index in [0.717, 1.165) is 49.9 Å². The van der Waals surface area contributed by atoms with Crippen molar-refractivity contribution >= 4 is 5.78 Å². The van der Waals surface area contributed by atoms with Gasteiger partial charge >= 0.3 is 0 Å². The molecule has 0 saturated carbocycles. The number of benzene rings is 1. The Morgan fingerprint density at radius 2 is 2.04 bits per heavy atom. The molecule has 0 aliphatic heterocycles. The quantitative estimate of drug-likeness (QED) is 0.512. The van der Waals surface area contributed by atoms with Gasteiger partial charge in [-0.15, -0.1) is 5.10 Å². The molecule has 24 heavy (non-hydrogen) atoms. The van der Waals surface area contributed by atoms with Gasteiger partial charge in [0.05, 0.1) is 12.2 Å². The molecule has 0 spiro atoms. The van der Waals surface area contributed by atoms with Crippen molar-refractivity contribution in [2.45, 2.75) is 52.4 Å². The monoisotopic (exact) mass is 332 g/mol. The minimum absolute atomic E-state index is 0.0182. The molecule has 0 unspecified atom stereocenters. The Labute approximate surface area is 141 Å². The lowest BCUT2D eigenvalue weighted by Crippen LogP contribution is -2.02. The number of ketones is 1. The molecule has 1 aromatic heterocycles. The second kappa shape index (κ2) is 9.00. The average molecular weight is 332 g/mol. The average Bonchev–Trinajstić information content (AvgIpc) is 3.07. The van der Waals surface area contributed by atoms with E-state index in [1.54, 1.807) is 12.1 Å². The molecule has 1 aromatic carbocycles. The van der Waals surface area contributed by atoms with E-state index < -0.39 is 0 Å².